The molecule has 4 fully saturated rings. The molecule has 10 nitrogen and oxygen atoms in total. The summed E-state index contributed by atoms with van der Waals surface area (Å²) in [6.07, 6.45) is 9.28. The maximum atomic E-state index is 14.7. The maximum absolute atomic E-state index is 14.7. The van der Waals surface area contributed by atoms with E-state index < -0.39 is 29.1 Å². The van der Waals surface area contributed by atoms with Crippen LogP contribution in [0.25, 0.3) is 0 Å². The molecule has 3 amide bonds. The van der Waals surface area contributed by atoms with Gasteiger partial charge >= 0.3 is 0 Å². The fraction of sp³-hybridized carbons (Fsp3) is 0.788. The van der Waals surface area contributed by atoms with Crippen LogP contribution in [-0.2, 0) is 23.9 Å². The first-order chi connectivity index (χ1) is 20.8. The molecule has 1 spiro atoms. The van der Waals surface area contributed by atoms with Gasteiger partial charge in [-0.3, -0.25) is 19.3 Å². The summed E-state index contributed by atoms with van der Waals surface area (Å²) in [5.74, 6) is -1.61. The number of amides is 3. The third-order valence-corrected chi connectivity index (χ3v) is 10.1. The minimum atomic E-state index is -1.03. The molecule has 0 radical (unpaired) electrons. The molecule has 10 heteroatoms. The summed E-state index contributed by atoms with van der Waals surface area (Å²) in [5.41, 5.74) is -1.78. The van der Waals surface area contributed by atoms with Gasteiger partial charge in [0.05, 0.1) is 30.7 Å². The van der Waals surface area contributed by atoms with Crippen LogP contribution in [0.15, 0.2) is 25.3 Å². The van der Waals surface area contributed by atoms with Gasteiger partial charge in [-0.05, 0) is 38.5 Å². The second-order valence-electron chi connectivity index (χ2n) is 12.6. The zero-order chi connectivity index (χ0) is 31.0. The Morgan fingerprint density at radius 1 is 0.977 bits per heavy atom. The number of likely N-dealkylation sites (tertiary alicyclic amines) is 1. The van der Waals surface area contributed by atoms with Crippen LogP contribution in [-0.4, -0.2) is 132 Å². The summed E-state index contributed by atoms with van der Waals surface area (Å²) in [4.78, 5) is 51.1. The van der Waals surface area contributed by atoms with Gasteiger partial charge in [-0.2, -0.15) is 0 Å². The summed E-state index contributed by atoms with van der Waals surface area (Å²) < 4.78 is 12.5. The average molecular weight is 603 g/mol. The standard InChI is InChI=1S/C33H54N4O6/c1-5-15-35(16-6-2)29(39)26-27-30(40)37(18-11-9-10-12-23-38)28(33(27)14-13-32(26,8-4)43-33)31(41)36(17-7-3)20-19-34-21-24-42-25-22-34/h5,7,26-28,38H,1,3,6,8-25H2,2,4H3/t26-,27+,28?,32+,33?/m1/s1. The number of carbonyl (C=O) groups excluding carboxylic acids is 3. The molecule has 0 saturated carbocycles. The molecule has 4 rings (SSSR count). The van der Waals surface area contributed by atoms with Crippen molar-refractivity contribution < 1.29 is 29.0 Å². The summed E-state index contributed by atoms with van der Waals surface area (Å²) in [6, 6.07) is -0.780. The summed E-state index contributed by atoms with van der Waals surface area (Å²) in [5, 5.41) is 9.23. The van der Waals surface area contributed by atoms with Gasteiger partial charge in [0.2, 0.25) is 17.7 Å². The Hall–Kier alpha value is -2.27. The topological polar surface area (TPSA) is 103 Å². The number of nitrogens with zero attached hydrogens (tertiary/aromatic N) is 4. The number of ether oxygens (including phenoxy) is 2. The number of morpholine rings is 1. The van der Waals surface area contributed by atoms with Gasteiger partial charge in [-0.15, -0.1) is 13.2 Å². The maximum Gasteiger partial charge on any atom is 0.248 e. The quantitative estimate of drug-likeness (QED) is 0.190. The van der Waals surface area contributed by atoms with Crippen LogP contribution < -0.4 is 0 Å². The van der Waals surface area contributed by atoms with Gasteiger partial charge < -0.3 is 29.3 Å². The van der Waals surface area contributed by atoms with E-state index in [0.29, 0.717) is 71.6 Å². The Bertz CT molecular complexity index is 1000. The SMILES string of the molecule is C=CCN(CCN1CCOCC1)C(=O)C1N(CCCCCCO)C(=O)[C@@H]2[C@H](C(=O)N(CC=C)CCC)[C@]3(CC)CCC12O3. The van der Waals surface area contributed by atoms with Crippen molar-refractivity contribution in [1.29, 1.82) is 0 Å². The summed E-state index contributed by atoms with van der Waals surface area (Å²) in [7, 11) is 0. The lowest BCUT2D eigenvalue weighted by Crippen LogP contribution is -2.57. The van der Waals surface area contributed by atoms with Crippen LogP contribution in [0.5, 0.6) is 0 Å². The number of hydrogen-bond donors (Lipinski definition) is 1. The van der Waals surface area contributed by atoms with Gasteiger partial charge in [-0.25, -0.2) is 0 Å². The molecular weight excluding hydrogens is 548 g/mol. The highest BCUT2D eigenvalue weighted by Crippen LogP contribution is 2.64. The highest BCUT2D eigenvalue weighted by atomic mass is 16.5. The Labute approximate surface area is 258 Å². The predicted molar refractivity (Wildman–Crippen MR) is 165 cm³/mol. The van der Waals surface area contributed by atoms with Gasteiger partial charge in [0, 0.05) is 59.0 Å². The van der Waals surface area contributed by atoms with E-state index in [2.05, 4.69) is 18.1 Å². The third kappa shape index (κ3) is 6.58. The smallest absolute Gasteiger partial charge is 0.248 e. The van der Waals surface area contributed by atoms with E-state index in [1.54, 1.807) is 22.0 Å². The average Bonchev–Trinajstić information content (AvgIpc) is 3.62. The van der Waals surface area contributed by atoms with Crippen molar-refractivity contribution in [2.75, 3.05) is 72.2 Å². The molecule has 4 aliphatic rings. The van der Waals surface area contributed by atoms with Gasteiger partial charge in [0.25, 0.3) is 0 Å². The molecule has 4 heterocycles. The van der Waals surface area contributed by atoms with Crippen LogP contribution in [0, 0.1) is 11.8 Å². The molecule has 1 N–H and O–H groups in total. The zero-order valence-electron chi connectivity index (χ0n) is 26.5. The third-order valence-electron chi connectivity index (χ3n) is 10.1. The molecular formula is C33H54N4O6. The molecule has 0 aromatic carbocycles. The van der Waals surface area contributed by atoms with Crippen LogP contribution in [0.1, 0.15) is 65.2 Å². The molecule has 2 bridgehead atoms. The Morgan fingerprint density at radius 3 is 2.28 bits per heavy atom. The molecule has 2 unspecified atom stereocenters. The summed E-state index contributed by atoms with van der Waals surface area (Å²) >= 11 is 0. The number of rotatable bonds is 18. The molecule has 0 aromatic rings. The number of hydrogen-bond acceptors (Lipinski definition) is 7. The molecule has 0 aliphatic carbocycles. The molecule has 242 valence electrons. The Balaban J connectivity index is 1.67. The monoisotopic (exact) mass is 602 g/mol. The number of aliphatic hydroxyl groups excluding tert-OH is 1. The van der Waals surface area contributed by atoms with E-state index in [4.69, 9.17) is 9.47 Å². The van der Waals surface area contributed by atoms with Crippen molar-refractivity contribution in [3.05, 3.63) is 25.3 Å². The van der Waals surface area contributed by atoms with E-state index in [9.17, 15) is 19.5 Å². The van der Waals surface area contributed by atoms with Crippen molar-refractivity contribution in [3.63, 3.8) is 0 Å². The first-order valence-electron chi connectivity index (χ1n) is 16.5. The fourth-order valence-corrected chi connectivity index (χ4v) is 7.98. The lowest BCUT2D eigenvalue weighted by molar-refractivity contribution is -0.155. The van der Waals surface area contributed by atoms with E-state index in [1.807, 2.05) is 18.7 Å². The molecule has 5 atom stereocenters. The number of carbonyl (C=O) groups is 3. The van der Waals surface area contributed by atoms with E-state index in [0.717, 1.165) is 45.3 Å². The highest BCUT2D eigenvalue weighted by Gasteiger charge is 2.79. The van der Waals surface area contributed by atoms with Crippen molar-refractivity contribution in [3.8, 4) is 0 Å². The zero-order valence-corrected chi connectivity index (χ0v) is 26.5. The van der Waals surface area contributed by atoms with Crippen molar-refractivity contribution in [1.82, 2.24) is 19.6 Å². The second-order valence-corrected chi connectivity index (χ2v) is 12.6. The second kappa shape index (κ2) is 15.1. The van der Waals surface area contributed by atoms with Crippen molar-refractivity contribution in [2.24, 2.45) is 11.8 Å². The minimum Gasteiger partial charge on any atom is -0.396 e. The number of unbranched alkanes of at least 4 members (excludes halogenated alkanes) is 3. The number of aliphatic hydroxyl groups is 1. The van der Waals surface area contributed by atoms with Gasteiger partial charge in [0.1, 0.15) is 11.6 Å². The lowest BCUT2D eigenvalue weighted by atomic mass is 9.64. The van der Waals surface area contributed by atoms with E-state index in [1.165, 1.54) is 0 Å². The highest BCUT2D eigenvalue weighted by molar-refractivity contribution is 5.99. The first-order valence-corrected chi connectivity index (χ1v) is 16.5. The van der Waals surface area contributed by atoms with Crippen molar-refractivity contribution in [2.45, 2.75) is 82.5 Å². The van der Waals surface area contributed by atoms with Crippen LogP contribution in [0.4, 0.5) is 0 Å². The largest absolute Gasteiger partial charge is 0.396 e. The Kier molecular flexibility index (Phi) is 11.8. The lowest BCUT2D eigenvalue weighted by Gasteiger charge is -2.37. The molecule has 43 heavy (non-hydrogen) atoms. The Morgan fingerprint density at radius 2 is 1.65 bits per heavy atom. The van der Waals surface area contributed by atoms with Gasteiger partial charge in [-0.1, -0.05) is 38.8 Å². The fourth-order valence-electron chi connectivity index (χ4n) is 7.98. The van der Waals surface area contributed by atoms with Crippen LogP contribution in [0.2, 0.25) is 0 Å². The van der Waals surface area contributed by atoms with Crippen LogP contribution in [0.3, 0.4) is 0 Å². The normalized spacial score (nSPS) is 30.0. The molecule has 0 aromatic heterocycles. The summed E-state index contributed by atoms with van der Waals surface area (Å²) in [6.45, 7) is 18.1. The van der Waals surface area contributed by atoms with E-state index in [-0.39, 0.29) is 24.3 Å². The first kappa shape index (κ1) is 33.6. The molecule has 4 saturated heterocycles. The predicted octanol–water partition coefficient (Wildman–Crippen LogP) is 2.47. The van der Waals surface area contributed by atoms with Crippen molar-refractivity contribution >= 4 is 17.7 Å². The van der Waals surface area contributed by atoms with Crippen LogP contribution >= 0.6 is 0 Å². The number of fused-ring (bicyclic) bond motifs is 1. The van der Waals surface area contributed by atoms with E-state index >= 15 is 0 Å². The molecule has 4 aliphatic heterocycles. The minimum absolute atomic E-state index is 0.0604. The van der Waals surface area contributed by atoms with Gasteiger partial charge in [0.15, 0.2) is 0 Å².